The molecule has 1 aromatic heterocycles. The summed E-state index contributed by atoms with van der Waals surface area (Å²) in [5, 5.41) is 11.6. The Balaban J connectivity index is 1.51. The van der Waals surface area contributed by atoms with Gasteiger partial charge < -0.3 is 10.0 Å². The van der Waals surface area contributed by atoms with E-state index < -0.39 is 5.97 Å². The van der Waals surface area contributed by atoms with Gasteiger partial charge in [0.25, 0.3) is 0 Å². The molecule has 146 valence electrons. The van der Waals surface area contributed by atoms with Crippen LogP contribution in [0.4, 0.5) is 0 Å². The zero-order valence-corrected chi connectivity index (χ0v) is 17.2. The molecular weight excluding hydrogens is 390 g/mol. The smallest absolute Gasteiger partial charge is 0.306 e. The Hall–Kier alpha value is -2.05. The minimum atomic E-state index is -0.755. The van der Waals surface area contributed by atoms with E-state index in [4.69, 9.17) is 5.11 Å². The van der Waals surface area contributed by atoms with Gasteiger partial charge in [-0.2, -0.15) is 12.6 Å². The van der Waals surface area contributed by atoms with Gasteiger partial charge in [-0.15, -0.1) is 11.3 Å². The number of piperidine rings is 1. The Morgan fingerprint density at radius 1 is 1.11 bits per heavy atom. The molecule has 1 fully saturated rings. The largest absolute Gasteiger partial charge is 0.481 e. The Bertz CT molecular complexity index is 1020. The van der Waals surface area contributed by atoms with Gasteiger partial charge in [-0.3, -0.25) is 9.59 Å². The number of carbonyl (C=O) groups excluding carboxylic acids is 1. The van der Waals surface area contributed by atoms with Crippen molar-refractivity contribution in [3.63, 3.8) is 0 Å². The number of thiophene rings is 1. The summed E-state index contributed by atoms with van der Waals surface area (Å²) in [5.41, 5.74) is 1.14. The molecule has 2 aromatic carbocycles. The van der Waals surface area contributed by atoms with Crippen LogP contribution in [-0.4, -0.2) is 40.7 Å². The third-order valence-corrected chi connectivity index (χ3v) is 7.24. The number of carboxylic acids is 1. The Morgan fingerprint density at radius 3 is 2.54 bits per heavy atom. The lowest BCUT2D eigenvalue weighted by atomic mass is 9.94. The number of fused-ring (bicyclic) bond motifs is 3. The van der Waals surface area contributed by atoms with Crippen molar-refractivity contribution in [1.29, 1.82) is 0 Å². The van der Waals surface area contributed by atoms with Gasteiger partial charge in [0.1, 0.15) is 0 Å². The number of amides is 1. The number of hydrogen-bond donors (Lipinski definition) is 2. The number of hydrogen-bond acceptors (Lipinski definition) is 4. The van der Waals surface area contributed by atoms with E-state index in [-0.39, 0.29) is 17.7 Å². The quantitative estimate of drug-likeness (QED) is 0.607. The molecule has 1 N–H and O–H groups in total. The van der Waals surface area contributed by atoms with Crippen LogP contribution in [0.3, 0.4) is 0 Å². The Kier molecular flexibility index (Phi) is 5.60. The molecule has 28 heavy (non-hydrogen) atoms. The van der Waals surface area contributed by atoms with Crippen molar-refractivity contribution < 1.29 is 14.7 Å². The second-order valence-corrected chi connectivity index (χ2v) is 8.90. The van der Waals surface area contributed by atoms with Crippen LogP contribution in [0.25, 0.3) is 20.2 Å². The lowest BCUT2D eigenvalue weighted by molar-refractivity contribution is -0.146. The molecule has 0 saturated carbocycles. The molecular formula is C22H23NO3S2. The molecule has 4 nitrogen and oxygen atoms in total. The van der Waals surface area contributed by atoms with Gasteiger partial charge in [0.2, 0.25) is 5.91 Å². The monoisotopic (exact) mass is 413 g/mol. The molecule has 0 bridgehead atoms. The molecule has 0 radical (unpaired) electrons. The summed E-state index contributed by atoms with van der Waals surface area (Å²) in [7, 11) is 0. The second kappa shape index (κ2) is 8.13. The summed E-state index contributed by atoms with van der Waals surface area (Å²) in [6.07, 6.45) is 1.72. The first kappa shape index (κ1) is 19.3. The van der Waals surface area contributed by atoms with Crippen molar-refractivity contribution in [3.8, 4) is 0 Å². The highest BCUT2D eigenvalue weighted by atomic mass is 32.1. The van der Waals surface area contributed by atoms with Gasteiger partial charge in [0.15, 0.2) is 0 Å². The van der Waals surface area contributed by atoms with E-state index in [1.807, 2.05) is 4.90 Å². The lowest BCUT2D eigenvalue weighted by Gasteiger charge is -2.32. The van der Waals surface area contributed by atoms with Gasteiger partial charge in [-0.05, 0) is 43.0 Å². The SMILES string of the molecule is O=C(O)C1CCN(C(=O)C(CS)Cc2ccc3sc4ccccc4c3c2)CC1. The van der Waals surface area contributed by atoms with Crippen LogP contribution < -0.4 is 0 Å². The average molecular weight is 414 g/mol. The number of thiol groups is 1. The maximum atomic E-state index is 13.0. The van der Waals surface area contributed by atoms with Gasteiger partial charge >= 0.3 is 5.97 Å². The molecule has 1 amide bonds. The van der Waals surface area contributed by atoms with E-state index in [0.717, 1.165) is 5.56 Å². The van der Waals surface area contributed by atoms with Crippen LogP contribution in [0.1, 0.15) is 18.4 Å². The molecule has 1 unspecified atom stereocenters. The number of likely N-dealkylation sites (tertiary alicyclic amines) is 1. The number of rotatable bonds is 5. The van der Waals surface area contributed by atoms with Crippen molar-refractivity contribution >= 4 is 56.0 Å². The van der Waals surface area contributed by atoms with Crippen molar-refractivity contribution in [1.82, 2.24) is 4.90 Å². The molecule has 4 rings (SSSR count). The van der Waals surface area contributed by atoms with Crippen LogP contribution in [0.5, 0.6) is 0 Å². The maximum absolute atomic E-state index is 13.0. The minimum Gasteiger partial charge on any atom is -0.481 e. The fourth-order valence-corrected chi connectivity index (χ4v) is 5.39. The molecule has 1 aliphatic heterocycles. The first-order valence-corrected chi connectivity index (χ1v) is 11.0. The molecule has 3 aromatic rings. The Labute approximate surface area is 173 Å². The van der Waals surface area contributed by atoms with Crippen LogP contribution in [-0.2, 0) is 16.0 Å². The number of carboxylic acid groups (broad SMARTS) is 1. The van der Waals surface area contributed by atoms with Crippen LogP contribution in [0.15, 0.2) is 42.5 Å². The zero-order chi connectivity index (χ0) is 19.7. The lowest BCUT2D eigenvalue weighted by Crippen LogP contribution is -2.44. The first-order chi connectivity index (χ1) is 13.6. The fourth-order valence-electron chi connectivity index (χ4n) is 4.02. The summed E-state index contributed by atoms with van der Waals surface area (Å²) in [4.78, 5) is 25.9. The fraction of sp³-hybridized carbons (Fsp3) is 0.364. The van der Waals surface area contributed by atoms with Crippen LogP contribution in [0.2, 0.25) is 0 Å². The number of aliphatic carboxylic acids is 1. The third kappa shape index (κ3) is 3.76. The van der Waals surface area contributed by atoms with E-state index >= 15 is 0 Å². The van der Waals surface area contributed by atoms with Crippen LogP contribution in [0, 0.1) is 11.8 Å². The summed E-state index contributed by atoms with van der Waals surface area (Å²) in [6.45, 7) is 1.04. The molecule has 6 heteroatoms. The molecule has 1 saturated heterocycles. The summed E-state index contributed by atoms with van der Waals surface area (Å²) < 4.78 is 2.53. The van der Waals surface area contributed by atoms with E-state index in [1.165, 1.54) is 20.2 Å². The van der Waals surface area contributed by atoms with Crippen LogP contribution >= 0.6 is 24.0 Å². The van der Waals surface area contributed by atoms with E-state index in [0.29, 0.717) is 38.1 Å². The second-order valence-electron chi connectivity index (χ2n) is 7.45. The first-order valence-electron chi connectivity index (χ1n) is 9.59. The summed E-state index contributed by atoms with van der Waals surface area (Å²) >= 11 is 6.22. The summed E-state index contributed by atoms with van der Waals surface area (Å²) in [5.74, 6) is -0.691. The zero-order valence-electron chi connectivity index (χ0n) is 15.5. The third-order valence-electron chi connectivity index (χ3n) is 5.65. The van der Waals surface area contributed by atoms with Gasteiger partial charge in [0.05, 0.1) is 11.8 Å². The summed E-state index contributed by atoms with van der Waals surface area (Å²) in [6, 6.07) is 14.9. The topological polar surface area (TPSA) is 57.6 Å². The molecule has 0 aliphatic carbocycles. The highest BCUT2D eigenvalue weighted by Crippen LogP contribution is 2.34. The number of carbonyl (C=O) groups is 2. The van der Waals surface area contributed by atoms with E-state index in [1.54, 1.807) is 11.3 Å². The van der Waals surface area contributed by atoms with Crippen molar-refractivity contribution in [2.75, 3.05) is 18.8 Å². The van der Waals surface area contributed by atoms with Gasteiger partial charge in [0, 0.05) is 39.0 Å². The molecule has 0 spiro atoms. The van der Waals surface area contributed by atoms with Crippen molar-refractivity contribution in [2.45, 2.75) is 19.3 Å². The average Bonchev–Trinajstić information content (AvgIpc) is 3.09. The Morgan fingerprint density at radius 2 is 1.82 bits per heavy atom. The molecule has 1 aliphatic rings. The molecule has 1 atom stereocenters. The number of nitrogens with zero attached hydrogens (tertiary/aromatic N) is 1. The standard InChI is InChI=1S/C22H23NO3S2/c24-21(23-9-7-15(8-10-23)22(25)26)16(13-27)11-14-5-6-20-18(12-14)17-3-1-2-4-19(17)28-20/h1-6,12,15-16,27H,7-11,13H2,(H,25,26). The highest BCUT2D eigenvalue weighted by molar-refractivity contribution is 7.80. The predicted molar refractivity (Wildman–Crippen MR) is 117 cm³/mol. The van der Waals surface area contributed by atoms with Gasteiger partial charge in [-0.1, -0.05) is 24.3 Å². The van der Waals surface area contributed by atoms with E-state index in [9.17, 15) is 9.59 Å². The number of benzene rings is 2. The van der Waals surface area contributed by atoms with Crippen molar-refractivity contribution in [3.05, 3.63) is 48.0 Å². The molecule has 2 heterocycles. The van der Waals surface area contributed by atoms with E-state index in [2.05, 4.69) is 55.1 Å². The van der Waals surface area contributed by atoms with Gasteiger partial charge in [-0.25, -0.2) is 0 Å². The van der Waals surface area contributed by atoms with Crippen molar-refractivity contribution in [2.24, 2.45) is 11.8 Å². The highest BCUT2D eigenvalue weighted by Gasteiger charge is 2.30. The normalized spacial score (nSPS) is 16.5. The maximum Gasteiger partial charge on any atom is 0.306 e. The predicted octanol–water partition coefficient (Wildman–Crippen LogP) is 4.47. The minimum absolute atomic E-state index is 0.0918.